The lowest BCUT2D eigenvalue weighted by Gasteiger charge is -2.33. The molecule has 0 fully saturated rings. The lowest BCUT2D eigenvalue weighted by atomic mass is 9.72. The molecule has 0 aliphatic carbocycles. The second-order valence-corrected chi connectivity index (χ2v) is 6.98. The predicted octanol–water partition coefficient (Wildman–Crippen LogP) is 6.42. The summed E-state index contributed by atoms with van der Waals surface area (Å²) in [6.45, 7) is 9.68. The summed E-state index contributed by atoms with van der Waals surface area (Å²) >= 11 is 0. The molecule has 0 spiro atoms. The molecule has 2 unspecified atom stereocenters. The van der Waals surface area contributed by atoms with Gasteiger partial charge in [0.05, 0.1) is 0 Å². The second-order valence-electron chi connectivity index (χ2n) is 6.98. The van der Waals surface area contributed by atoms with E-state index in [1.54, 1.807) is 20.8 Å². The van der Waals surface area contributed by atoms with Crippen LogP contribution in [0.1, 0.15) is 78.4 Å². The summed E-state index contributed by atoms with van der Waals surface area (Å²) in [4.78, 5) is 0. The van der Waals surface area contributed by atoms with Crippen LogP contribution in [0.2, 0.25) is 0 Å². The molecule has 0 saturated carbocycles. The van der Waals surface area contributed by atoms with Crippen LogP contribution in [0, 0.1) is 28.7 Å². The Morgan fingerprint density at radius 2 is 1.25 bits per heavy atom. The van der Waals surface area contributed by atoms with Crippen LogP contribution in [0.3, 0.4) is 0 Å². The molecule has 0 aliphatic heterocycles. The van der Waals surface area contributed by atoms with Gasteiger partial charge in [-0.15, -0.1) is 0 Å². The molecule has 1 aromatic carbocycles. The van der Waals surface area contributed by atoms with Crippen LogP contribution in [-0.4, -0.2) is 5.71 Å². The SMILES string of the molecule is CCCC(C)(CC)c1c(F)c(F)c(C(C)(CC)C(C)=N)c(F)c1F. The molecule has 1 nitrogen and oxygen atoms in total. The van der Waals surface area contributed by atoms with Crippen molar-refractivity contribution < 1.29 is 17.6 Å². The van der Waals surface area contributed by atoms with Crippen molar-refractivity contribution >= 4 is 5.71 Å². The van der Waals surface area contributed by atoms with E-state index in [1.807, 2.05) is 6.92 Å². The van der Waals surface area contributed by atoms with Gasteiger partial charge in [0.25, 0.3) is 0 Å². The van der Waals surface area contributed by atoms with Gasteiger partial charge >= 0.3 is 0 Å². The highest BCUT2D eigenvalue weighted by atomic mass is 19.2. The molecule has 0 radical (unpaired) electrons. The van der Waals surface area contributed by atoms with Gasteiger partial charge in [-0.3, -0.25) is 0 Å². The molecule has 1 aromatic rings. The van der Waals surface area contributed by atoms with Crippen LogP contribution in [0.4, 0.5) is 17.6 Å². The molecule has 1 N–H and O–H groups in total. The number of halogens is 4. The van der Waals surface area contributed by atoms with E-state index in [-0.39, 0.29) is 12.1 Å². The summed E-state index contributed by atoms with van der Waals surface area (Å²) in [5.74, 6) is -5.42. The lowest BCUT2D eigenvalue weighted by molar-refractivity contribution is 0.336. The van der Waals surface area contributed by atoms with Gasteiger partial charge in [0.1, 0.15) is 0 Å². The van der Waals surface area contributed by atoms with Gasteiger partial charge in [0.15, 0.2) is 23.3 Å². The average Bonchev–Trinajstić information content (AvgIpc) is 2.53. The maximum absolute atomic E-state index is 14.8. The Bertz CT molecular complexity index is 612. The molecule has 5 heteroatoms. The van der Waals surface area contributed by atoms with Gasteiger partial charge in [-0.1, -0.05) is 41.0 Å². The van der Waals surface area contributed by atoms with Crippen molar-refractivity contribution in [2.24, 2.45) is 0 Å². The number of nitrogens with one attached hydrogen (secondary N) is 1. The minimum atomic E-state index is -1.39. The van der Waals surface area contributed by atoms with Gasteiger partial charge in [0.2, 0.25) is 0 Å². The Morgan fingerprint density at radius 3 is 1.54 bits per heavy atom. The smallest absolute Gasteiger partial charge is 0.166 e. The highest BCUT2D eigenvalue weighted by Crippen LogP contribution is 2.42. The molecule has 0 heterocycles. The van der Waals surface area contributed by atoms with Crippen LogP contribution >= 0.6 is 0 Å². The fraction of sp³-hybridized carbons (Fsp3) is 0.632. The number of benzene rings is 1. The summed E-state index contributed by atoms with van der Waals surface area (Å²) in [5, 5.41) is 7.82. The molecular formula is C19H27F4N. The van der Waals surface area contributed by atoms with E-state index in [4.69, 9.17) is 5.41 Å². The van der Waals surface area contributed by atoms with Crippen molar-refractivity contribution in [3.05, 3.63) is 34.4 Å². The van der Waals surface area contributed by atoms with Crippen LogP contribution < -0.4 is 0 Å². The topological polar surface area (TPSA) is 23.9 Å². The van der Waals surface area contributed by atoms with E-state index in [0.717, 1.165) is 0 Å². The highest BCUT2D eigenvalue weighted by molar-refractivity contribution is 5.90. The predicted molar refractivity (Wildman–Crippen MR) is 89.9 cm³/mol. The molecule has 1 rings (SSSR count). The first-order chi connectivity index (χ1) is 11.0. The van der Waals surface area contributed by atoms with Gasteiger partial charge in [-0.05, 0) is 31.6 Å². The number of hydrogen-bond donors (Lipinski definition) is 1. The molecule has 136 valence electrons. The van der Waals surface area contributed by atoms with Crippen molar-refractivity contribution in [1.82, 2.24) is 0 Å². The van der Waals surface area contributed by atoms with Crippen LogP contribution in [0.15, 0.2) is 0 Å². The Hall–Kier alpha value is -1.39. The Labute approximate surface area is 142 Å². The van der Waals surface area contributed by atoms with E-state index in [0.29, 0.717) is 19.3 Å². The first-order valence-corrected chi connectivity index (χ1v) is 8.44. The molecule has 0 amide bonds. The zero-order valence-electron chi connectivity index (χ0n) is 15.3. The summed E-state index contributed by atoms with van der Waals surface area (Å²) in [7, 11) is 0. The quantitative estimate of drug-likeness (QED) is 0.335. The Balaban J connectivity index is 3.85. The number of hydrogen-bond acceptors (Lipinski definition) is 1. The maximum atomic E-state index is 14.8. The lowest BCUT2D eigenvalue weighted by Crippen LogP contribution is -2.34. The normalized spacial score (nSPS) is 16.6. The van der Waals surface area contributed by atoms with E-state index in [2.05, 4.69) is 0 Å². The molecule has 0 aromatic heterocycles. The zero-order valence-corrected chi connectivity index (χ0v) is 15.3. The van der Waals surface area contributed by atoms with E-state index in [9.17, 15) is 17.6 Å². The van der Waals surface area contributed by atoms with E-state index < -0.39 is 45.2 Å². The molecule has 0 bridgehead atoms. The first-order valence-electron chi connectivity index (χ1n) is 8.44. The summed E-state index contributed by atoms with van der Waals surface area (Å²) in [5.41, 5.74) is -3.62. The molecule has 0 aliphatic rings. The summed E-state index contributed by atoms with van der Waals surface area (Å²) in [6.07, 6.45) is 1.58. The fourth-order valence-electron chi connectivity index (χ4n) is 3.31. The van der Waals surface area contributed by atoms with Crippen LogP contribution in [-0.2, 0) is 10.8 Å². The van der Waals surface area contributed by atoms with E-state index >= 15 is 0 Å². The summed E-state index contributed by atoms with van der Waals surface area (Å²) < 4.78 is 59.1. The third-order valence-corrected chi connectivity index (χ3v) is 5.54. The third kappa shape index (κ3) is 3.09. The van der Waals surface area contributed by atoms with Gasteiger partial charge in [-0.2, -0.15) is 0 Å². The Morgan fingerprint density at radius 1 is 0.833 bits per heavy atom. The monoisotopic (exact) mass is 345 g/mol. The second kappa shape index (κ2) is 7.24. The van der Waals surface area contributed by atoms with Gasteiger partial charge in [0, 0.05) is 22.3 Å². The van der Waals surface area contributed by atoms with Crippen LogP contribution in [0.5, 0.6) is 0 Å². The van der Waals surface area contributed by atoms with Crippen LogP contribution in [0.25, 0.3) is 0 Å². The molecule has 2 atom stereocenters. The van der Waals surface area contributed by atoms with Gasteiger partial charge < -0.3 is 5.41 Å². The minimum Gasteiger partial charge on any atom is -0.309 e. The fourth-order valence-corrected chi connectivity index (χ4v) is 3.31. The summed E-state index contributed by atoms with van der Waals surface area (Å²) in [6, 6.07) is 0. The third-order valence-electron chi connectivity index (χ3n) is 5.54. The van der Waals surface area contributed by atoms with E-state index in [1.165, 1.54) is 13.8 Å². The van der Waals surface area contributed by atoms with Crippen molar-refractivity contribution in [3.8, 4) is 0 Å². The van der Waals surface area contributed by atoms with Crippen molar-refractivity contribution in [3.63, 3.8) is 0 Å². The van der Waals surface area contributed by atoms with Crippen molar-refractivity contribution in [2.45, 2.75) is 78.1 Å². The van der Waals surface area contributed by atoms with Crippen molar-refractivity contribution in [2.75, 3.05) is 0 Å². The molecule has 24 heavy (non-hydrogen) atoms. The maximum Gasteiger partial charge on any atom is 0.166 e. The van der Waals surface area contributed by atoms with Crippen molar-refractivity contribution in [1.29, 1.82) is 5.41 Å². The average molecular weight is 345 g/mol. The zero-order chi connectivity index (χ0) is 18.9. The largest absolute Gasteiger partial charge is 0.309 e. The highest BCUT2D eigenvalue weighted by Gasteiger charge is 2.41. The minimum absolute atomic E-state index is 0.0406. The molecular weight excluding hydrogens is 318 g/mol. The first kappa shape index (κ1) is 20.7. The standard InChI is InChI=1S/C19H27F4N/c1-7-10-18(5,8-2)12-14(20)16(22)13(17(23)15(12)21)19(6,9-3)11(4)24/h24H,7-10H2,1-6H3. The van der Waals surface area contributed by atoms with Gasteiger partial charge in [-0.25, -0.2) is 17.6 Å². The molecule has 0 saturated heterocycles. The Kier molecular flexibility index (Phi) is 6.23. The number of rotatable bonds is 7.